The molecule has 4 nitrogen and oxygen atoms in total. The van der Waals surface area contributed by atoms with Crippen LogP contribution >= 0.6 is 20.8 Å². The van der Waals surface area contributed by atoms with Crippen molar-refractivity contribution in [2.75, 3.05) is 19.8 Å². The molecule has 0 bridgehead atoms. The molecule has 1 amide bonds. The van der Waals surface area contributed by atoms with Gasteiger partial charge in [0.1, 0.15) is 0 Å². The fraction of sp³-hybridized carbons (Fsp3) is 0.182. The van der Waals surface area contributed by atoms with Crippen LogP contribution < -0.4 is 26.0 Å². The molecule has 39 heavy (non-hydrogen) atoms. The monoisotopic (exact) mass is 600 g/mol. The van der Waals surface area contributed by atoms with Crippen molar-refractivity contribution in [2.45, 2.75) is 19.3 Å². The van der Waals surface area contributed by atoms with Crippen molar-refractivity contribution in [1.29, 1.82) is 0 Å². The van der Waals surface area contributed by atoms with Crippen molar-refractivity contribution in [2.24, 2.45) is 0 Å². The van der Waals surface area contributed by atoms with Gasteiger partial charge in [-0.1, -0.05) is 0 Å². The molecule has 200 valence electrons. The molecule has 4 aromatic carbocycles. The molecule has 6 heteroatoms. The summed E-state index contributed by atoms with van der Waals surface area (Å²) >= 11 is 4.47. The summed E-state index contributed by atoms with van der Waals surface area (Å²) in [5, 5.41) is 5.10. The van der Waals surface area contributed by atoms with Crippen molar-refractivity contribution in [3.63, 3.8) is 0 Å². The van der Waals surface area contributed by atoms with E-state index >= 15 is 0 Å². The zero-order chi connectivity index (χ0) is 27.2. The Morgan fingerprint density at radius 3 is 1.95 bits per heavy atom. The molecule has 0 fully saturated rings. The van der Waals surface area contributed by atoms with Gasteiger partial charge in [-0.05, 0) is 0 Å². The summed E-state index contributed by atoms with van der Waals surface area (Å²) in [6.45, 7) is 0.594. The zero-order valence-corrected chi connectivity index (χ0v) is 24.6. The molecule has 5 aromatic rings. The Balaban J connectivity index is 1.32. The molecule has 0 aliphatic rings. The fourth-order valence-corrected chi connectivity index (χ4v) is 13.2. The Bertz CT molecular complexity index is 1440. The molecule has 0 atom stereocenters. The third kappa shape index (κ3) is 5.39. The number of nitrogens with one attached hydrogen (secondary N) is 2. The molecule has 0 saturated carbocycles. The van der Waals surface area contributed by atoms with Crippen LogP contribution in [0.1, 0.15) is 18.4 Å². The number of H-pyrrole nitrogens is 1. The fourth-order valence-electron chi connectivity index (χ4n) is 5.50. The first-order chi connectivity index (χ1) is 19.0. The number of ether oxygens (including phenoxy) is 1. The van der Waals surface area contributed by atoms with Crippen LogP contribution in [0.15, 0.2) is 115 Å². The van der Waals surface area contributed by atoms with Crippen LogP contribution in [0, 0.1) is 0 Å². The predicted octanol–water partition coefficient (Wildman–Crippen LogP) is 6.46. The minimum absolute atomic E-state index is 0.0826. The van der Waals surface area contributed by atoms with Gasteiger partial charge >= 0.3 is 232 Å². The van der Waals surface area contributed by atoms with Gasteiger partial charge in [-0.15, -0.1) is 0 Å². The van der Waals surface area contributed by atoms with Crippen molar-refractivity contribution < 1.29 is 9.53 Å². The van der Waals surface area contributed by atoms with E-state index in [1.807, 2.05) is 24.4 Å². The molecule has 0 unspecified atom stereocenters. The van der Waals surface area contributed by atoms with E-state index in [1.54, 1.807) is 7.11 Å². The van der Waals surface area contributed by atoms with E-state index in [0.717, 1.165) is 35.7 Å². The van der Waals surface area contributed by atoms with E-state index < -0.39 is 5.31 Å². The van der Waals surface area contributed by atoms with Crippen LogP contribution in [0.25, 0.3) is 10.9 Å². The first kappa shape index (κ1) is 27.2. The number of rotatable bonds is 11. The third-order valence-corrected chi connectivity index (χ3v) is 17.6. The number of carbonyl (C=O) groups is 1. The van der Waals surface area contributed by atoms with Gasteiger partial charge in [0.2, 0.25) is 0 Å². The maximum absolute atomic E-state index is 13.0. The van der Waals surface area contributed by atoms with Crippen LogP contribution in [0.3, 0.4) is 0 Å². The SMILES string of the molecule is COc1ccc2[nH]cc(CCNC(=O)CCCP(Br)(c3ccccc3)(c3ccccc3)c3ccccc3)c2c1. The van der Waals surface area contributed by atoms with Crippen molar-refractivity contribution in [1.82, 2.24) is 10.3 Å². The number of aromatic amines is 1. The van der Waals surface area contributed by atoms with Gasteiger partial charge in [-0.3, -0.25) is 0 Å². The molecular weight excluding hydrogens is 567 g/mol. The number of hydrogen-bond acceptors (Lipinski definition) is 2. The number of methoxy groups -OCH3 is 1. The predicted molar refractivity (Wildman–Crippen MR) is 170 cm³/mol. The second kappa shape index (κ2) is 11.8. The second-order valence-corrected chi connectivity index (χ2v) is 18.9. The average Bonchev–Trinajstić information content (AvgIpc) is 3.40. The minimum atomic E-state index is -3.01. The number of benzene rings is 4. The number of carbonyl (C=O) groups excluding carboxylic acids is 1. The van der Waals surface area contributed by atoms with Crippen LogP contribution in [0.4, 0.5) is 0 Å². The number of aromatic nitrogens is 1. The van der Waals surface area contributed by atoms with E-state index in [2.05, 4.69) is 117 Å². The van der Waals surface area contributed by atoms with Gasteiger partial charge in [0.25, 0.3) is 0 Å². The third-order valence-electron chi connectivity index (χ3n) is 7.56. The van der Waals surface area contributed by atoms with E-state index in [-0.39, 0.29) is 5.91 Å². The molecular formula is C33H34BrN2O2P. The van der Waals surface area contributed by atoms with Gasteiger partial charge in [-0.2, -0.15) is 0 Å². The van der Waals surface area contributed by atoms with Crippen molar-refractivity contribution >= 4 is 53.5 Å². The topological polar surface area (TPSA) is 54.1 Å². The zero-order valence-electron chi connectivity index (χ0n) is 22.1. The van der Waals surface area contributed by atoms with Crippen LogP contribution in [0.2, 0.25) is 0 Å². The molecule has 0 radical (unpaired) electrons. The summed E-state index contributed by atoms with van der Waals surface area (Å²) in [5.41, 5.74) is 2.25. The molecule has 1 aromatic heterocycles. The van der Waals surface area contributed by atoms with E-state index in [4.69, 9.17) is 4.74 Å². The molecule has 0 aliphatic heterocycles. The summed E-state index contributed by atoms with van der Waals surface area (Å²) in [7, 11) is 1.68. The molecule has 1 heterocycles. The number of amides is 1. The Morgan fingerprint density at radius 2 is 1.41 bits per heavy atom. The summed E-state index contributed by atoms with van der Waals surface area (Å²) < 4.78 is 5.38. The average molecular weight is 602 g/mol. The molecule has 5 rings (SSSR count). The molecule has 0 aliphatic carbocycles. The first-order valence-corrected chi connectivity index (χ1v) is 17.8. The summed E-state index contributed by atoms with van der Waals surface area (Å²) in [4.78, 5) is 16.3. The van der Waals surface area contributed by atoms with Gasteiger partial charge in [-0.25, -0.2) is 0 Å². The number of halogens is 1. The Labute approximate surface area is 238 Å². The van der Waals surface area contributed by atoms with Gasteiger partial charge < -0.3 is 0 Å². The van der Waals surface area contributed by atoms with Gasteiger partial charge in [0, 0.05) is 0 Å². The number of hydrogen-bond donors (Lipinski definition) is 2. The second-order valence-electron chi connectivity index (χ2n) is 9.84. The van der Waals surface area contributed by atoms with Crippen LogP contribution in [-0.2, 0) is 11.2 Å². The van der Waals surface area contributed by atoms with Gasteiger partial charge in [0.05, 0.1) is 7.11 Å². The van der Waals surface area contributed by atoms with E-state index in [0.29, 0.717) is 13.0 Å². The summed E-state index contributed by atoms with van der Waals surface area (Å²) in [6, 6.07) is 38.2. The van der Waals surface area contributed by atoms with E-state index in [9.17, 15) is 4.79 Å². The standard InChI is InChI=1S/C33H34BrN2O2P/c1-38-27-19-20-32-31(24-27)26(25-36-32)21-22-35-33(37)18-11-23-39(34,28-12-5-2-6-13-28,29-14-7-3-8-15-29)30-16-9-4-10-17-30/h2-10,12-17,19-20,24-25,36H,11,18,21-23H2,1H3,(H,35,37). The summed E-state index contributed by atoms with van der Waals surface area (Å²) in [6.07, 6.45) is 4.85. The maximum atomic E-state index is 13.0. The van der Waals surface area contributed by atoms with Crippen LogP contribution in [-0.4, -0.2) is 30.7 Å². The normalized spacial score (nSPS) is 12.5. The van der Waals surface area contributed by atoms with Crippen molar-refractivity contribution in [3.8, 4) is 5.75 Å². The first-order valence-electron chi connectivity index (χ1n) is 13.3. The Hall–Kier alpha value is -3.40. The van der Waals surface area contributed by atoms with E-state index in [1.165, 1.54) is 21.5 Å². The summed E-state index contributed by atoms with van der Waals surface area (Å²) in [5.74, 6) is 0.915. The van der Waals surface area contributed by atoms with Crippen LogP contribution in [0.5, 0.6) is 5.75 Å². The van der Waals surface area contributed by atoms with Crippen molar-refractivity contribution in [3.05, 3.63) is 121 Å². The molecule has 0 saturated heterocycles. The Morgan fingerprint density at radius 1 is 0.846 bits per heavy atom. The quantitative estimate of drug-likeness (QED) is 0.171. The van der Waals surface area contributed by atoms with Gasteiger partial charge in [0.15, 0.2) is 0 Å². The number of fused-ring (bicyclic) bond motifs is 1. The Kier molecular flexibility index (Phi) is 8.20. The molecule has 0 spiro atoms. The molecule has 2 N–H and O–H groups in total.